The summed E-state index contributed by atoms with van der Waals surface area (Å²) >= 11 is 0. The third-order valence-electron chi connectivity index (χ3n) is 3.11. The van der Waals surface area contributed by atoms with Gasteiger partial charge in [0.1, 0.15) is 6.61 Å². The number of carbonyl (C=O) groups is 2. The van der Waals surface area contributed by atoms with Crippen molar-refractivity contribution in [2.75, 3.05) is 24.7 Å². The molecule has 110 valence electrons. The Balaban J connectivity index is 2.56. The van der Waals surface area contributed by atoms with Gasteiger partial charge in [-0.2, -0.15) is 0 Å². The van der Waals surface area contributed by atoms with Crippen LogP contribution in [0.25, 0.3) is 0 Å². The maximum absolute atomic E-state index is 11.9. The van der Waals surface area contributed by atoms with Gasteiger partial charge in [0.25, 0.3) is 0 Å². The van der Waals surface area contributed by atoms with Gasteiger partial charge in [-0.15, -0.1) is 0 Å². The molecule has 19 heavy (non-hydrogen) atoms. The number of carboxylic acids is 1. The van der Waals surface area contributed by atoms with Crippen molar-refractivity contribution >= 4 is 21.7 Å². The Morgan fingerprint density at radius 1 is 1.47 bits per heavy atom. The average molecular weight is 293 g/mol. The normalized spacial score (nSPS) is 22.9. The quantitative estimate of drug-likeness (QED) is 0.709. The highest BCUT2D eigenvalue weighted by Gasteiger charge is 2.34. The van der Waals surface area contributed by atoms with Crippen LogP contribution in [-0.4, -0.2) is 67.1 Å². The summed E-state index contributed by atoms with van der Waals surface area (Å²) in [5.74, 6) is -1.45. The van der Waals surface area contributed by atoms with E-state index in [0.29, 0.717) is 13.0 Å². The molecule has 1 rings (SSSR count). The van der Waals surface area contributed by atoms with Crippen molar-refractivity contribution in [1.82, 2.24) is 4.90 Å². The van der Waals surface area contributed by atoms with E-state index in [1.807, 2.05) is 0 Å². The second-order valence-corrected chi connectivity index (χ2v) is 6.76. The van der Waals surface area contributed by atoms with Crippen LogP contribution in [0, 0.1) is 0 Å². The number of amides is 1. The third kappa shape index (κ3) is 4.46. The number of hydrogen-bond donors (Lipinski definition) is 1. The Morgan fingerprint density at radius 3 is 2.53 bits per heavy atom. The van der Waals surface area contributed by atoms with Crippen molar-refractivity contribution in [3.05, 3.63) is 0 Å². The minimum Gasteiger partial charge on any atom is -0.479 e. The SMILES string of the molecule is CCN(C(=O)CO[C@@H](C)C(=O)O)C1CCS(=O)(=O)C1. The summed E-state index contributed by atoms with van der Waals surface area (Å²) in [5, 5.41) is 8.64. The van der Waals surface area contributed by atoms with Crippen molar-refractivity contribution in [1.29, 1.82) is 0 Å². The molecule has 1 fully saturated rings. The van der Waals surface area contributed by atoms with E-state index >= 15 is 0 Å². The first kappa shape index (κ1) is 15.9. The summed E-state index contributed by atoms with van der Waals surface area (Å²) < 4.78 is 27.7. The minimum absolute atomic E-state index is 0.0267. The first-order valence-electron chi connectivity index (χ1n) is 6.11. The van der Waals surface area contributed by atoms with Crippen LogP contribution >= 0.6 is 0 Å². The fraction of sp³-hybridized carbons (Fsp3) is 0.818. The Labute approximate surface area is 112 Å². The average Bonchev–Trinajstić information content (AvgIpc) is 2.67. The zero-order valence-electron chi connectivity index (χ0n) is 11.0. The number of rotatable bonds is 6. The molecule has 8 heteroatoms. The van der Waals surface area contributed by atoms with E-state index in [2.05, 4.69) is 0 Å². The van der Waals surface area contributed by atoms with E-state index in [1.54, 1.807) is 6.92 Å². The number of ether oxygens (including phenoxy) is 1. The Hall–Kier alpha value is -1.15. The standard InChI is InChI=1S/C11H19NO6S/c1-3-12(9-4-5-19(16,17)7-9)10(13)6-18-8(2)11(14)15/h8-9H,3-7H2,1-2H3,(H,14,15)/t8-,9?/m0/s1. The zero-order chi connectivity index (χ0) is 14.6. The van der Waals surface area contributed by atoms with Gasteiger partial charge in [0.15, 0.2) is 15.9 Å². The van der Waals surface area contributed by atoms with Crippen LogP contribution in [0.2, 0.25) is 0 Å². The molecule has 1 aliphatic heterocycles. The second-order valence-electron chi connectivity index (χ2n) is 4.53. The van der Waals surface area contributed by atoms with E-state index in [0.717, 1.165) is 0 Å². The molecule has 0 radical (unpaired) electrons. The van der Waals surface area contributed by atoms with Gasteiger partial charge in [-0.25, -0.2) is 13.2 Å². The lowest BCUT2D eigenvalue weighted by atomic mass is 10.2. The van der Waals surface area contributed by atoms with Gasteiger partial charge in [-0.1, -0.05) is 0 Å². The van der Waals surface area contributed by atoms with Crippen molar-refractivity contribution in [3.8, 4) is 0 Å². The summed E-state index contributed by atoms with van der Waals surface area (Å²) in [4.78, 5) is 23.9. The van der Waals surface area contributed by atoms with E-state index in [9.17, 15) is 18.0 Å². The molecule has 1 heterocycles. The largest absolute Gasteiger partial charge is 0.479 e. The lowest BCUT2D eigenvalue weighted by Crippen LogP contribution is -2.43. The molecule has 0 saturated carbocycles. The molecule has 1 N–H and O–H groups in total. The second kappa shape index (κ2) is 6.33. The Kier molecular flexibility index (Phi) is 5.30. The fourth-order valence-electron chi connectivity index (χ4n) is 2.01. The molecule has 1 aliphatic rings. The molecule has 0 bridgehead atoms. The lowest BCUT2D eigenvalue weighted by molar-refractivity contribution is -0.153. The molecule has 0 aromatic carbocycles. The molecule has 1 unspecified atom stereocenters. The van der Waals surface area contributed by atoms with Gasteiger partial charge in [-0.3, -0.25) is 4.79 Å². The van der Waals surface area contributed by atoms with Crippen LogP contribution in [0.1, 0.15) is 20.3 Å². The maximum Gasteiger partial charge on any atom is 0.332 e. The van der Waals surface area contributed by atoms with Crippen LogP contribution in [0.5, 0.6) is 0 Å². The highest BCUT2D eigenvalue weighted by Crippen LogP contribution is 2.17. The van der Waals surface area contributed by atoms with Gasteiger partial charge in [0, 0.05) is 12.6 Å². The predicted molar refractivity (Wildman–Crippen MR) is 67.5 cm³/mol. The van der Waals surface area contributed by atoms with Gasteiger partial charge >= 0.3 is 5.97 Å². The fourth-order valence-corrected chi connectivity index (χ4v) is 3.74. The van der Waals surface area contributed by atoms with E-state index < -0.39 is 21.9 Å². The lowest BCUT2D eigenvalue weighted by Gasteiger charge is -2.27. The molecule has 1 saturated heterocycles. The van der Waals surface area contributed by atoms with Gasteiger partial charge in [0.2, 0.25) is 5.91 Å². The molecule has 0 aliphatic carbocycles. The number of carbonyl (C=O) groups excluding carboxylic acids is 1. The van der Waals surface area contributed by atoms with E-state index in [-0.39, 0.29) is 30.1 Å². The molecule has 0 aromatic heterocycles. The first-order chi connectivity index (χ1) is 8.76. The van der Waals surface area contributed by atoms with E-state index in [4.69, 9.17) is 9.84 Å². The topological polar surface area (TPSA) is 101 Å². The minimum atomic E-state index is -3.06. The van der Waals surface area contributed by atoms with Crippen molar-refractivity contribution in [3.63, 3.8) is 0 Å². The highest BCUT2D eigenvalue weighted by atomic mass is 32.2. The Bertz CT molecular complexity index is 446. The summed E-state index contributed by atoms with van der Waals surface area (Å²) in [5.41, 5.74) is 0. The molecule has 0 spiro atoms. The molecular formula is C11H19NO6S. The van der Waals surface area contributed by atoms with E-state index in [1.165, 1.54) is 11.8 Å². The number of hydrogen-bond acceptors (Lipinski definition) is 5. The molecule has 0 aromatic rings. The number of sulfone groups is 1. The zero-order valence-corrected chi connectivity index (χ0v) is 11.9. The number of aliphatic carboxylic acids is 1. The van der Waals surface area contributed by atoms with Gasteiger partial charge in [-0.05, 0) is 20.3 Å². The third-order valence-corrected chi connectivity index (χ3v) is 4.87. The predicted octanol–water partition coefficient (Wildman–Crippen LogP) is -0.488. The summed E-state index contributed by atoms with van der Waals surface area (Å²) in [7, 11) is -3.06. The summed E-state index contributed by atoms with van der Waals surface area (Å²) in [6.07, 6.45) is -0.633. The van der Waals surface area contributed by atoms with Gasteiger partial charge in [0.05, 0.1) is 11.5 Å². The van der Waals surface area contributed by atoms with Crippen molar-refractivity contribution in [2.45, 2.75) is 32.4 Å². The molecule has 7 nitrogen and oxygen atoms in total. The summed E-state index contributed by atoms with van der Waals surface area (Å²) in [6, 6.07) is -0.328. The molecule has 1 amide bonds. The van der Waals surface area contributed by atoms with Crippen LogP contribution < -0.4 is 0 Å². The number of likely N-dealkylation sites (N-methyl/N-ethyl adjacent to an activating group) is 1. The van der Waals surface area contributed by atoms with Gasteiger partial charge < -0.3 is 14.7 Å². The number of nitrogens with zero attached hydrogens (tertiary/aromatic N) is 1. The van der Waals surface area contributed by atoms with Crippen LogP contribution in [0.15, 0.2) is 0 Å². The first-order valence-corrected chi connectivity index (χ1v) is 7.93. The van der Waals surface area contributed by atoms with Crippen LogP contribution in [0.3, 0.4) is 0 Å². The molecule has 2 atom stereocenters. The Morgan fingerprint density at radius 2 is 2.11 bits per heavy atom. The maximum atomic E-state index is 11.9. The van der Waals surface area contributed by atoms with Crippen LogP contribution in [-0.2, 0) is 24.2 Å². The van der Waals surface area contributed by atoms with Crippen molar-refractivity contribution in [2.24, 2.45) is 0 Å². The number of carboxylic acid groups (broad SMARTS) is 1. The monoisotopic (exact) mass is 293 g/mol. The summed E-state index contributed by atoms with van der Waals surface area (Å²) in [6.45, 7) is 3.12. The molecular weight excluding hydrogens is 274 g/mol. The smallest absolute Gasteiger partial charge is 0.332 e. The highest BCUT2D eigenvalue weighted by molar-refractivity contribution is 7.91. The van der Waals surface area contributed by atoms with Crippen molar-refractivity contribution < 1.29 is 27.9 Å². The van der Waals surface area contributed by atoms with Crippen LogP contribution in [0.4, 0.5) is 0 Å².